The smallest absolute Gasteiger partial charge is 0.224 e. The number of nitrogens with zero attached hydrogens (tertiary/aromatic N) is 2. The maximum absolute atomic E-state index is 12.3. The van der Waals surface area contributed by atoms with E-state index in [1.165, 1.54) is 11.1 Å². The maximum atomic E-state index is 12.3. The first kappa shape index (κ1) is 20.5. The minimum absolute atomic E-state index is 0.109. The van der Waals surface area contributed by atoms with E-state index in [1.807, 2.05) is 43.4 Å². The van der Waals surface area contributed by atoms with E-state index >= 15 is 0 Å². The van der Waals surface area contributed by atoms with Crippen molar-refractivity contribution in [2.45, 2.75) is 32.9 Å². The van der Waals surface area contributed by atoms with Gasteiger partial charge in [-0.15, -0.1) is 0 Å². The summed E-state index contributed by atoms with van der Waals surface area (Å²) in [5.74, 6) is 0.817. The van der Waals surface area contributed by atoms with Crippen molar-refractivity contribution in [2.24, 2.45) is 4.99 Å². The fraction of sp³-hybridized carbons (Fsp3) is 0.364. The molecule has 0 aliphatic carbocycles. The van der Waals surface area contributed by atoms with E-state index in [4.69, 9.17) is 0 Å². The van der Waals surface area contributed by atoms with Crippen molar-refractivity contribution in [3.8, 4) is 0 Å². The van der Waals surface area contributed by atoms with Crippen LogP contribution in [0.2, 0.25) is 0 Å². The Balaban J connectivity index is 1.74. The molecule has 0 aliphatic rings. The Hall–Kier alpha value is -2.82. The lowest BCUT2D eigenvalue weighted by Gasteiger charge is -2.18. The van der Waals surface area contributed by atoms with Gasteiger partial charge in [-0.25, -0.2) is 0 Å². The molecule has 0 bridgehead atoms. The summed E-state index contributed by atoms with van der Waals surface area (Å²) >= 11 is 0. The van der Waals surface area contributed by atoms with Gasteiger partial charge in [0, 0.05) is 40.2 Å². The van der Waals surface area contributed by atoms with Crippen LogP contribution < -0.4 is 10.6 Å². The number of hydrogen-bond acceptors (Lipinski definition) is 2. The molecule has 144 valence electrons. The molecule has 0 aliphatic heterocycles. The van der Waals surface area contributed by atoms with Crippen LogP contribution >= 0.6 is 0 Å². The second-order valence-corrected chi connectivity index (χ2v) is 6.46. The molecule has 5 nitrogen and oxygen atoms in total. The van der Waals surface area contributed by atoms with Gasteiger partial charge in [0.2, 0.25) is 5.91 Å². The van der Waals surface area contributed by atoms with Crippen LogP contribution in [0.1, 0.15) is 30.0 Å². The van der Waals surface area contributed by atoms with Gasteiger partial charge in [-0.3, -0.25) is 9.79 Å². The lowest BCUT2D eigenvalue weighted by molar-refractivity contribution is -0.130. The van der Waals surface area contributed by atoms with Crippen molar-refractivity contribution in [3.63, 3.8) is 0 Å². The third kappa shape index (κ3) is 6.77. The Bertz CT molecular complexity index is 743. The van der Waals surface area contributed by atoms with E-state index < -0.39 is 0 Å². The molecule has 1 amide bonds. The highest BCUT2D eigenvalue weighted by Crippen LogP contribution is 2.08. The fourth-order valence-corrected chi connectivity index (χ4v) is 2.90. The molecular formula is C22H30N4O. The van der Waals surface area contributed by atoms with Gasteiger partial charge in [-0.1, -0.05) is 61.5 Å². The third-order valence-corrected chi connectivity index (χ3v) is 4.49. The molecule has 0 unspecified atom stereocenters. The fourth-order valence-electron chi connectivity index (χ4n) is 2.90. The Morgan fingerprint density at radius 2 is 1.67 bits per heavy atom. The molecular weight excluding hydrogens is 336 g/mol. The lowest BCUT2D eigenvalue weighted by atomic mass is 10.1. The predicted molar refractivity (Wildman–Crippen MR) is 112 cm³/mol. The molecule has 2 N–H and O–H groups in total. The molecule has 2 aromatic rings. The van der Waals surface area contributed by atoms with Crippen molar-refractivity contribution in [1.29, 1.82) is 0 Å². The number of rotatable bonds is 8. The van der Waals surface area contributed by atoms with Crippen LogP contribution in [0.4, 0.5) is 0 Å². The topological polar surface area (TPSA) is 56.7 Å². The Morgan fingerprint density at radius 3 is 2.33 bits per heavy atom. The summed E-state index contributed by atoms with van der Waals surface area (Å²) in [6.07, 6.45) is 1.43. The van der Waals surface area contributed by atoms with Crippen molar-refractivity contribution < 1.29 is 4.79 Å². The second-order valence-electron chi connectivity index (χ2n) is 6.46. The average molecular weight is 367 g/mol. The molecule has 0 saturated heterocycles. The Kier molecular flexibility index (Phi) is 8.36. The van der Waals surface area contributed by atoms with Crippen LogP contribution in [0, 0.1) is 0 Å². The molecule has 0 atom stereocenters. The van der Waals surface area contributed by atoms with E-state index in [9.17, 15) is 4.79 Å². The standard InChI is InChI=1S/C22H30N4O/c1-4-19-12-8-9-13-20(19)16-25-22(23-2)24-15-14-21(27)26(3)17-18-10-6-5-7-11-18/h5-13H,4,14-17H2,1-3H3,(H2,23,24,25). The van der Waals surface area contributed by atoms with Crippen LogP contribution in [-0.2, 0) is 24.3 Å². The summed E-state index contributed by atoms with van der Waals surface area (Å²) in [5, 5.41) is 6.54. The summed E-state index contributed by atoms with van der Waals surface area (Å²) < 4.78 is 0. The minimum atomic E-state index is 0.109. The van der Waals surface area contributed by atoms with Gasteiger partial charge in [0.25, 0.3) is 0 Å². The van der Waals surface area contributed by atoms with Crippen LogP contribution in [0.5, 0.6) is 0 Å². The molecule has 0 fully saturated rings. The number of hydrogen-bond donors (Lipinski definition) is 2. The van der Waals surface area contributed by atoms with Gasteiger partial charge < -0.3 is 15.5 Å². The monoisotopic (exact) mass is 366 g/mol. The van der Waals surface area contributed by atoms with E-state index in [-0.39, 0.29) is 5.91 Å². The number of benzene rings is 2. The van der Waals surface area contributed by atoms with E-state index in [0.717, 1.165) is 12.0 Å². The lowest BCUT2D eigenvalue weighted by Crippen LogP contribution is -2.39. The second kappa shape index (κ2) is 11.0. The predicted octanol–water partition coefficient (Wildman–Crippen LogP) is 2.96. The number of aryl methyl sites for hydroxylation is 1. The number of guanidine groups is 1. The normalized spacial score (nSPS) is 11.1. The van der Waals surface area contributed by atoms with Crippen LogP contribution in [0.25, 0.3) is 0 Å². The summed E-state index contributed by atoms with van der Waals surface area (Å²) in [4.78, 5) is 18.3. The maximum Gasteiger partial charge on any atom is 0.224 e. The molecule has 0 heterocycles. The molecule has 5 heteroatoms. The number of carbonyl (C=O) groups excluding carboxylic acids is 1. The first-order chi connectivity index (χ1) is 13.1. The van der Waals surface area contributed by atoms with Crippen LogP contribution in [0.3, 0.4) is 0 Å². The zero-order valence-corrected chi connectivity index (χ0v) is 16.5. The quantitative estimate of drug-likeness (QED) is 0.558. The van der Waals surface area contributed by atoms with Crippen molar-refractivity contribution >= 4 is 11.9 Å². The van der Waals surface area contributed by atoms with Gasteiger partial charge in [-0.2, -0.15) is 0 Å². The molecule has 27 heavy (non-hydrogen) atoms. The van der Waals surface area contributed by atoms with Gasteiger partial charge in [0.1, 0.15) is 0 Å². The summed E-state index contributed by atoms with van der Waals surface area (Å²) in [6, 6.07) is 18.4. The zero-order valence-electron chi connectivity index (χ0n) is 16.5. The summed E-state index contributed by atoms with van der Waals surface area (Å²) in [6.45, 7) is 4.04. The number of carbonyl (C=O) groups is 1. The Labute approximate surface area is 162 Å². The van der Waals surface area contributed by atoms with Crippen molar-refractivity contribution in [2.75, 3.05) is 20.6 Å². The highest BCUT2D eigenvalue weighted by Gasteiger charge is 2.09. The van der Waals surface area contributed by atoms with Gasteiger partial charge in [0.05, 0.1) is 0 Å². The first-order valence-corrected chi connectivity index (χ1v) is 9.43. The number of aliphatic imine (C=N–C) groups is 1. The largest absolute Gasteiger partial charge is 0.356 e. The average Bonchev–Trinajstić information content (AvgIpc) is 2.71. The molecule has 2 rings (SSSR count). The van der Waals surface area contributed by atoms with Crippen molar-refractivity contribution in [1.82, 2.24) is 15.5 Å². The van der Waals surface area contributed by atoms with Gasteiger partial charge in [-0.05, 0) is 23.1 Å². The molecule has 0 saturated carbocycles. The van der Waals surface area contributed by atoms with Crippen LogP contribution in [0.15, 0.2) is 59.6 Å². The van der Waals surface area contributed by atoms with E-state index in [1.54, 1.807) is 11.9 Å². The Morgan fingerprint density at radius 1 is 1.00 bits per heavy atom. The third-order valence-electron chi connectivity index (χ3n) is 4.49. The molecule has 0 aromatic heterocycles. The SMILES string of the molecule is CCc1ccccc1CNC(=NC)NCCC(=O)N(C)Cc1ccccc1. The van der Waals surface area contributed by atoms with E-state index in [0.29, 0.717) is 32.0 Å². The van der Waals surface area contributed by atoms with Gasteiger partial charge in [0.15, 0.2) is 5.96 Å². The van der Waals surface area contributed by atoms with Crippen molar-refractivity contribution in [3.05, 3.63) is 71.3 Å². The molecule has 0 radical (unpaired) electrons. The molecule has 2 aromatic carbocycles. The summed E-state index contributed by atoms with van der Waals surface area (Å²) in [5.41, 5.74) is 3.73. The zero-order chi connectivity index (χ0) is 19.5. The first-order valence-electron chi connectivity index (χ1n) is 9.43. The number of amides is 1. The van der Waals surface area contributed by atoms with Crippen LogP contribution in [-0.4, -0.2) is 37.4 Å². The van der Waals surface area contributed by atoms with E-state index in [2.05, 4.69) is 40.7 Å². The molecule has 0 spiro atoms. The summed E-state index contributed by atoms with van der Waals surface area (Å²) in [7, 11) is 3.58. The minimum Gasteiger partial charge on any atom is -0.356 e. The van der Waals surface area contributed by atoms with Gasteiger partial charge >= 0.3 is 0 Å². The highest BCUT2D eigenvalue weighted by atomic mass is 16.2. The number of nitrogens with one attached hydrogen (secondary N) is 2. The highest BCUT2D eigenvalue weighted by molar-refractivity contribution is 5.81.